The van der Waals surface area contributed by atoms with Crippen LogP contribution in [0.3, 0.4) is 0 Å². The number of fused-ring (bicyclic) bond motifs is 5. The first kappa shape index (κ1) is 21.0. The molecule has 8 atom stereocenters. The number of allylic oxidation sites excluding steroid dienone is 1. The zero-order valence-corrected chi connectivity index (χ0v) is 19.3. The van der Waals surface area contributed by atoms with Crippen molar-refractivity contribution in [3.05, 3.63) is 11.6 Å². The molecule has 0 aromatic rings. The Hall–Kier alpha value is -0.300. The van der Waals surface area contributed by atoms with Crippen LogP contribution in [0.4, 0.5) is 0 Å². The second-order valence-electron chi connectivity index (χ2n) is 12.2. The van der Waals surface area contributed by atoms with Gasteiger partial charge in [0.2, 0.25) is 0 Å². The van der Waals surface area contributed by atoms with E-state index in [2.05, 4.69) is 40.7 Å². The van der Waals surface area contributed by atoms with Crippen LogP contribution in [0.2, 0.25) is 0 Å². The molecule has 0 aliphatic heterocycles. The van der Waals surface area contributed by atoms with Gasteiger partial charge in [0, 0.05) is 0 Å². The first-order valence-electron chi connectivity index (χ1n) is 12.6. The number of aliphatic hydroxyl groups is 1. The van der Waals surface area contributed by atoms with Crippen LogP contribution in [0, 0.1) is 46.3 Å². The fourth-order valence-electron chi connectivity index (χ4n) is 8.67. The highest BCUT2D eigenvalue weighted by molar-refractivity contribution is 5.25. The summed E-state index contributed by atoms with van der Waals surface area (Å²) >= 11 is 0. The van der Waals surface area contributed by atoms with Gasteiger partial charge in [-0.3, -0.25) is 0 Å². The van der Waals surface area contributed by atoms with Gasteiger partial charge in [-0.1, -0.05) is 65.5 Å². The normalized spacial score (nSPS) is 46.5. The van der Waals surface area contributed by atoms with Crippen molar-refractivity contribution < 1.29 is 5.11 Å². The molecule has 0 bridgehead atoms. The van der Waals surface area contributed by atoms with E-state index in [4.69, 9.17) is 0 Å². The highest BCUT2D eigenvalue weighted by Crippen LogP contribution is 2.67. The Balaban J connectivity index is 1.49. The van der Waals surface area contributed by atoms with E-state index in [-0.39, 0.29) is 6.10 Å². The van der Waals surface area contributed by atoms with Crippen molar-refractivity contribution in [2.75, 3.05) is 0 Å². The average Bonchev–Trinajstić information content (AvgIpc) is 2.99. The summed E-state index contributed by atoms with van der Waals surface area (Å²) in [5.41, 5.74) is 2.60. The van der Waals surface area contributed by atoms with Gasteiger partial charge in [-0.05, 0) is 97.7 Å². The summed E-state index contributed by atoms with van der Waals surface area (Å²) in [6.07, 6.45) is 17.2. The Bertz CT molecular complexity index is 591. The molecule has 0 spiro atoms. The van der Waals surface area contributed by atoms with E-state index in [1.165, 1.54) is 57.8 Å². The summed E-state index contributed by atoms with van der Waals surface area (Å²) in [4.78, 5) is 0. The van der Waals surface area contributed by atoms with Crippen molar-refractivity contribution in [1.29, 1.82) is 0 Å². The second kappa shape index (κ2) is 7.75. The molecule has 0 saturated heterocycles. The SMILES string of the molecule is CC(C)CCC[C@H](C)[C@H]1CCC2C3CC=C4C[C@@H](O)CC[C@]4(C)C3CC[C@@]21C. The maximum absolute atomic E-state index is 10.2. The minimum Gasteiger partial charge on any atom is -0.393 e. The summed E-state index contributed by atoms with van der Waals surface area (Å²) in [6.45, 7) is 12.6. The van der Waals surface area contributed by atoms with Crippen molar-refractivity contribution in [1.82, 2.24) is 0 Å². The minimum atomic E-state index is -0.0766. The molecule has 3 fully saturated rings. The van der Waals surface area contributed by atoms with Gasteiger partial charge in [0.05, 0.1) is 6.10 Å². The van der Waals surface area contributed by atoms with Crippen LogP contribution < -0.4 is 0 Å². The van der Waals surface area contributed by atoms with Crippen molar-refractivity contribution in [3.63, 3.8) is 0 Å². The molecule has 0 aromatic carbocycles. The van der Waals surface area contributed by atoms with Crippen LogP contribution in [0.5, 0.6) is 0 Å². The summed E-state index contributed by atoms with van der Waals surface area (Å²) in [6, 6.07) is 0. The maximum atomic E-state index is 10.2. The lowest BCUT2D eigenvalue weighted by molar-refractivity contribution is -0.0573. The average molecular weight is 387 g/mol. The van der Waals surface area contributed by atoms with Gasteiger partial charge in [0.25, 0.3) is 0 Å². The molecule has 3 saturated carbocycles. The quantitative estimate of drug-likeness (QED) is 0.488. The third-order valence-corrected chi connectivity index (χ3v) is 10.3. The Kier molecular flexibility index (Phi) is 5.80. The van der Waals surface area contributed by atoms with Gasteiger partial charge in [0.15, 0.2) is 0 Å². The fourth-order valence-corrected chi connectivity index (χ4v) is 8.67. The highest BCUT2D eigenvalue weighted by Gasteiger charge is 2.59. The van der Waals surface area contributed by atoms with E-state index in [0.29, 0.717) is 10.8 Å². The van der Waals surface area contributed by atoms with Crippen LogP contribution >= 0.6 is 0 Å². The highest BCUT2D eigenvalue weighted by atomic mass is 16.3. The summed E-state index contributed by atoms with van der Waals surface area (Å²) < 4.78 is 0. The molecule has 1 N–H and O–H groups in total. The zero-order valence-electron chi connectivity index (χ0n) is 19.3. The third kappa shape index (κ3) is 3.42. The summed E-state index contributed by atoms with van der Waals surface area (Å²) in [5.74, 6) is 5.46. The molecule has 3 unspecified atom stereocenters. The lowest BCUT2D eigenvalue weighted by Crippen LogP contribution is -2.50. The number of hydrogen-bond acceptors (Lipinski definition) is 1. The molecular weight excluding hydrogens is 340 g/mol. The summed E-state index contributed by atoms with van der Waals surface area (Å²) in [5, 5.41) is 10.2. The standard InChI is InChI=1S/C27H46O/c1-18(2)7-6-8-19(3)23-11-12-24-22-10-9-20-17-21(28)13-15-26(20,4)25(22)14-16-27(23,24)5/h9,18-19,21-25,28H,6-8,10-17H2,1-5H3/t19-,21-,22?,23+,24?,25?,26-,27+/m0/s1. The van der Waals surface area contributed by atoms with Crippen molar-refractivity contribution in [3.8, 4) is 0 Å². The van der Waals surface area contributed by atoms with Crippen LogP contribution in [0.25, 0.3) is 0 Å². The molecular formula is C27H46O. The van der Waals surface area contributed by atoms with Crippen LogP contribution in [0.1, 0.15) is 105 Å². The van der Waals surface area contributed by atoms with E-state index in [1.807, 2.05) is 0 Å². The van der Waals surface area contributed by atoms with Gasteiger partial charge in [-0.15, -0.1) is 0 Å². The van der Waals surface area contributed by atoms with Crippen molar-refractivity contribution >= 4 is 0 Å². The van der Waals surface area contributed by atoms with Gasteiger partial charge >= 0.3 is 0 Å². The van der Waals surface area contributed by atoms with Crippen LogP contribution in [0.15, 0.2) is 11.6 Å². The molecule has 0 amide bonds. The first-order chi connectivity index (χ1) is 13.3. The second-order valence-corrected chi connectivity index (χ2v) is 12.2. The minimum absolute atomic E-state index is 0.0766. The molecule has 0 radical (unpaired) electrons. The molecule has 4 rings (SSSR count). The molecule has 160 valence electrons. The van der Waals surface area contributed by atoms with Gasteiger partial charge < -0.3 is 5.11 Å². The van der Waals surface area contributed by atoms with E-state index < -0.39 is 0 Å². The van der Waals surface area contributed by atoms with Gasteiger partial charge in [-0.25, -0.2) is 0 Å². The molecule has 0 aromatic heterocycles. The summed E-state index contributed by atoms with van der Waals surface area (Å²) in [7, 11) is 0. The Morgan fingerprint density at radius 2 is 1.79 bits per heavy atom. The topological polar surface area (TPSA) is 20.2 Å². The zero-order chi connectivity index (χ0) is 20.1. The van der Waals surface area contributed by atoms with E-state index in [9.17, 15) is 5.11 Å². The van der Waals surface area contributed by atoms with E-state index in [0.717, 1.165) is 48.3 Å². The van der Waals surface area contributed by atoms with Crippen molar-refractivity contribution in [2.24, 2.45) is 46.3 Å². The molecule has 4 aliphatic rings. The van der Waals surface area contributed by atoms with E-state index in [1.54, 1.807) is 5.57 Å². The number of aliphatic hydroxyl groups excluding tert-OH is 1. The van der Waals surface area contributed by atoms with E-state index >= 15 is 0 Å². The third-order valence-electron chi connectivity index (χ3n) is 10.3. The Morgan fingerprint density at radius 3 is 2.54 bits per heavy atom. The van der Waals surface area contributed by atoms with Crippen molar-refractivity contribution in [2.45, 2.75) is 111 Å². The molecule has 28 heavy (non-hydrogen) atoms. The predicted molar refractivity (Wildman–Crippen MR) is 119 cm³/mol. The Morgan fingerprint density at radius 1 is 1.00 bits per heavy atom. The fraction of sp³-hybridized carbons (Fsp3) is 0.926. The molecule has 1 heteroatoms. The maximum Gasteiger partial charge on any atom is 0.0577 e. The monoisotopic (exact) mass is 386 g/mol. The number of rotatable bonds is 5. The van der Waals surface area contributed by atoms with Gasteiger partial charge in [0.1, 0.15) is 0 Å². The van der Waals surface area contributed by atoms with Crippen LogP contribution in [-0.4, -0.2) is 11.2 Å². The van der Waals surface area contributed by atoms with Crippen LogP contribution in [-0.2, 0) is 0 Å². The predicted octanol–water partition coefficient (Wildman–Crippen LogP) is 7.39. The smallest absolute Gasteiger partial charge is 0.0577 e. The molecule has 1 nitrogen and oxygen atoms in total. The Labute approximate surface area is 174 Å². The molecule has 4 aliphatic carbocycles. The number of hydrogen-bond donors (Lipinski definition) is 1. The molecule has 0 heterocycles. The largest absolute Gasteiger partial charge is 0.393 e. The first-order valence-corrected chi connectivity index (χ1v) is 12.6. The lowest BCUT2D eigenvalue weighted by atomic mass is 9.47. The lowest BCUT2D eigenvalue weighted by Gasteiger charge is -2.58. The van der Waals surface area contributed by atoms with Gasteiger partial charge in [-0.2, -0.15) is 0 Å².